The summed E-state index contributed by atoms with van der Waals surface area (Å²) in [5.41, 5.74) is 0. The number of esters is 1. The SMILES string of the molecule is CCCCCCC/C=C\CCCCCCCC(=O)OCCCCCCCCCCCCCCCCCC(=O)NC(CO)C(O)CCCCCCCCCCCC. The lowest BCUT2D eigenvalue weighted by Gasteiger charge is -2.22. The van der Waals surface area contributed by atoms with E-state index in [4.69, 9.17) is 4.74 Å². The number of aliphatic hydroxyl groups excluding tert-OH is 2. The van der Waals surface area contributed by atoms with E-state index in [1.807, 2.05) is 0 Å². The predicted molar refractivity (Wildman–Crippen MR) is 241 cm³/mol. The van der Waals surface area contributed by atoms with Gasteiger partial charge in [-0.15, -0.1) is 0 Å². The van der Waals surface area contributed by atoms with Gasteiger partial charge in [-0.3, -0.25) is 9.59 Å². The van der Waals surface area contributed by atoms with E-state index in [0.29, 0.717) is 25.9 Å². The van der Waals surface area contributed by atoms with Crippen molar-refractivity contribution in [3.8, 4) is 0 Å². The zero-order chi connectivity index (χ0) is 40.8. The highest BCUT2D eigenvalue weighted by Crippen LogP contribution is 2.16. The Labute approximate surface area is 349 Å². The van der Waals surface area contributed by atoms with Crippen molar-refractivity contribution in [3.05, 3.63) is 12.2 Å². The van der Waals surface area contributed by atoms with E-state index in [9.17, 15) is 19.8 Å². The molecule has 0 fully saturated rings. The topological polar surface area (TPSA) is 95.9 Å². The first kappa shape index (κ1) is 54.6. The monoisotopic (exact) mass is 792 g/mol. The van der Waals surface area contributed by atoms with Crippen molar-refractivity contribution in [1.82, 2.24) is 5.32 Å². The van der Waals surface area contributed by atoms with Crippen LogP contribution in [0.4, 0.5) is 0 Å². The van der Waals surface area contributed by atoms with Crippen molar-refractivity contribution in [3.63, 3.8) is 0 Å². The fourth-order valence-electron chi connectivity index (χ4n) is 7.69. The number of hydrogen-bond donors (Lipinski definition) is 3. The molecule has 0 aliphatic carbocycles. The second kappa shape index (κ2) is 46.3. The molecule has 0 heterocycles. The minimum atomic E-state index is -0.667. The van der Waals surface area contributed by atoms with Crippen molar-refractivity contribution in [1.29, 1.82) is 0 Å². The number of hydrogen-bond acceptors (Lipinski definition) is 5. The number of ether oxygens (including phenoxy) is 1. The molecular formula is C50H97NO5. The van der Waals surface area contributed by atoms with Crippen LogP contribution in [0.3, 0.4) is 0 Å². The van der Waals surface area contributed by atoms with E-state index < -0.39 is 12.1 Å². The van der Waals surface area contributed by atoms with Crippen LogP contribution in [0.1, 0.15) is 271 Å². The normalized spacial score (nSPS) is 12.7. The Morgan fingerprint density at radius 1 is 0.482 bits per heavy atom. The molecule has 2 unspecified atom stereocenters. The van der Waals surface area contributed by atoms with E-state index >= 15 is 0 Å². The molecule has 3 N–H and O–H groups in total. The highest BCUT2D eigenvalue weighted by molar-refractivity contribution is 5.76. The summed E-state index contributed by atoms with van der Waals surface area (Å²) in [5.74, 6) is -0.0534. The van der Waals surface area contributed by atoms with E-state index in [0.717, 1.165) is 51.4 Å². The molecule has 0 saturated heterocycles. The van der Waals surface area contributed by atoms with Gasteiger partial charge in [-0.25, -0.2) is 0 Å². The standard InChI is InChI=1S/C50H97NO5/c1-3-5-7-9-11-13-15-16-21-24-28-32-36-40-44-50(55)56-45-41-37-33-29-25-22-19-17-18-20-23-27-31-35-39-43-49(54)51-47(46-52)48(53)42-38-34-30-26-14-12-10-8-6-4-2/h15-16,47-48,52-53H,3-14,17-46H2,1-2H3,(H,51,54)/b16-15-. The molecule has 1 amide bonds. The van der Waals surface area contributed by atoms with Gasteiger partial charge >= 0.3 is 5.97 Å². The van der Waals surface area contributed by atoms with E-state index in [-0.39, 0.29) is 18.5 Å². The van der Waals surface area contributed by atoms with Gasteiger partial charge in [0.2, 0.25) is 5.91 Å². The molecule has 2 atom stereocenters. The van der Waals surface area contributed by atoms with Gasteiger partial charge in [0.1, 0.15) is 0 Å². The smallest absolute Gasteiger partial charge is 0.305 e. The third-order valence-electron chi connectivity index (χ3n) is 11.6. The fraction of sp³-hybridized carbons (Fsp3) is 0.920. The molecule has 0 saturated carbocycles. The molecule has 0 radical (unpaired) electrons. The maximum atomic E-state index is 12.4. The third kappa shape index (κ3) is 42.2. The van der Waals surface area contributed by atoms with Crippen molar-refractivity contribution in [2.24, 2.45) is 0 Å². The molecule has 6 heteroatoms. The lowest BCUT2D eigenvalue weighted by atomic mass is 10.0. The van der Waals surface area contributed by atoms with E-state index in [1.165, 1.54) is 186 Å². The number of allylic oxidation sites excluding steroid dienone is 2. The van der Waals surface area contributed by atoms with Gasteiger partial charge in [0.15, 0.2) is 0 Å². The Morgan fingerprint density at radius 3 is 1.27 bits per heavy atom. The van der Waals surface area contributed by atoms with Crippen molar-refractivity contribution in [2.45, 2.75) is 283 Å². The third-order valence-corrected chi connectivity index (χ3v) is 11.6. The first-order valence-corrected chi connectivity index (χ1v) is 24.9. The number of aliphatic hydroxyl groups is 2. The minimum Gasteiger partial charge on any atom is -0.466 e. The average molecular weight is 792 g/mol. The Morgan fingerprint density at radius 2 is 0.839 bits per heavy atom. The number of rotatable bonds is 46. The summed E-state index contributed by atoms with van der Waals surface area (Å²) in [5, 5.41) is 23.1. The van der Waals surface area contributed by atoms with Crippen LogP contribution in [-0.4, -0.2) is 47.4 Å². The number of carbonyl (C=O) groups is 2. The van der Waals surface area contributed by atoms with E-state index in [2.05, 4.69) is 31.3 Å². The van der Waals surface area contributed by atoms with Crippen LogP contribution in [0, 0.1) is 0 Å². The zero-order valence-corrected chi connectivity index (χ0v) is 37.6. The van der Waals surface area contributed by atoms with Gasteiger partial charge < -0.3 is 20.3 Å². The lowest BCUT2D eigenvalue weighted by Crippen LogP contribution is -2.45. The van der Waals surface area contributed by atoms with Gasteiger partial charge in [-0.2, -0.15) is 0 Å². The fourth-order valence-corrected chi connectivity index (χ4v) is 7.69. The van der Waals surface area contributed by atoms with Crippen LogP contribution in [0.15, 0.2) is 12.2 Å². The van der Waals surface area contributed by atoms with E-state index in [1.54, 1.807) is 0 Å². The number of unbranched alkanes of at least 4 members (excludes halogenated alkanes) is 33. The molecule has 0 rings (SSSR count). The maximum Gasteiger partial charge on any atom is 0.305 e. The number of carbonyl (C=O) groups excluding carboxylic acids is 2. The number of amides is 1. The second-order valence-corrected chi connectivity index (χ2v) is 17.1. The predicted octanol–water partition coefficient (Wildman–Crippen LogP) is 14.6. The Balaban J connectivity index is 3.41. The van der Waals surface area contributed by atoms with Crippen LogP contribution in [0.25, 0.3) is 0 Å². The maximum absolute atomic E-state index is 12.4. The van der Waals surface area contributed by atoms with Crippen LogP contribution < -0.4 is 5.32 Å². The zero-order valence-electron chi connectivity index (χ0n) is 37.6. The molecular weight excluding hydrogens is 695 g/mol. The van der Waals surface area contributed by atoms with Crippen molar-refractivity contribution < 1.29 is 24.5 Å². The van der Waals surface area contributed by atoms with Gasteiger partial charge in [0, 0.05) is 12.8 Å². The molecule has 56 heavy (non-hydrogen) atoms. The molecule has 0 aliphatic rings. The summed E-state index contributed by atoms with van der Waals surface area (Å²) in [6.07, 6.45) is 51.8. The van der Waals surface area contributed by atoms with Crippen molar-refractivity contribution >= 4 is 11.9 Å². The second-order valence-electron chi connectivity index (χ2n) is 17.1. The highest BCUT2D eigenvalue weighted by Gasteiger charge is 2.20. The molecule has 6 nitrogen and oxygen atoms in total. The van der Waals surface area contributed by atoms with Crippen LogP contribution in [0.5, 0.6) is 0 Å². The molecule has 0 aromatic heterocycles. The molecule has 0 spiro atoms. The largest absolute Gasteiger partial charge is 0.466 e. The minimum absolute atomic E-state index is 0.00807. The van der Waals surface area contributed by atoms with Gasteiger partial charge in [-0.1, -0.05) is 219 Å². The van der Waals surface area contributed by atoms with Gasteiger partial charge in [-0.05, 0) is 51.4 Å². The summed E-state index contributed by atoms with van der Waals surface area (Å²) in [6.45, 7) is 4.91. The van der Waals surface area contributed by atoms with Crippen LogP contribution in [-0.2, 0) is 14.3 Å². The molecule has 0 aromatic rings. The molecule has 0 aliphatic heterocycles. The number of nitrogens with one attached hydrogen (secondary N) is 1. The summed E-state index contributed by atoms with van der Waals surface area (Å²) in [4.78, 5) is 24.4. The quantitative estimate of drug-likeness (QED) is 0.0324. The van der Waals surface area contributed by atoms with Crippen molar-refractivity contribution in [2.75, 3.05) is 13.2 Å². The van der Waals surface area contributed by atoms with Gasteiger partial charge in [0.25, 0.3) is 0 Å². The molecule has 332 valence electrons. The first-order chi connectivity index (χ1) is 27.5. The summed E-state index contributed by atoms with van der Waals surface area (Å²) >= 11 is 0. The molecule has 0 aromatic carbocycles. The first-order valence-electron chi connectivity index (χ1n) is 24.9. The summed E-state index contributed by atoms with van der Waals surface area (Å²) < 4.78 is 5.46. The summed E-state index contributed by atoms with van der Waals surface area (Å²) in [7, 11) is 0. The Bertz CT molecular complexity index is 832. The average Bonchev–Trinajstić information content (AvgIpc) is 3.20. The highest BCUT2D eigenvalue weighted by atomic mass is 16.5. The van der Waals surface area contributed by atoms with Gasteiger partial charge in [0.05, 0.1) is 25.4 Å². The Kier molecular flexibility index (Phi) is 45.1. The Hall–Kier alpha value is -1.40. The van der Waals surface area contributed by atoms with Crippen LogP contribution in [0.2, 0.25) is 0 Å². The van der Waals surface area contributed by atoms with Crippen LogP contribution >= 0.6 is 0 Å². The summed E-state index contributed by atoms with van der Waals surface area (Å²) in [6, 6.07) is -0.545. The molecule has 0 bridgehead atoms. The lowest BCUT2D eigenvalue weighted by molar-refractivity contribution is -0.143.